The molecule has 0 aliphatic carbocycles. The summed E-state index contributed by atoms with van der Waals surface area (Å²) in [5, 5.41) is 9.89. The highest BCUT2D eigenvalue weighted by molar-refractivity contribution is 7.90. The van der Waals surface area contributed by atoms with E-state index < -0.39 is 20.9 Å². The maximum Gasteiger partial charge on any atom is 0.219 e. The van der Waals surface area contributed by atoms with Crippen LogP contribution in [0, 0.1) is 0 Å². The number of aliphatic hydroxyl groups is 1. The van der Waals surface area contributed by atoms with Crippen molar-refractivity contribution in [3.63, 3.8) is 0 Å². The van der Waals surface area contributed by atoms with E-state index in [0.29, 0.717) is 6.42 Å². The summed E-state index contributed by atoms with van der Waals surface area (Å²) < 4.78 is 26.0. The van der Waals surface area contributed by atoms with Gasteiger partial charge in [-0.3, -0.25) is 0 Å². The van der Waals surface area contributed by atoms with Gasteiger partial charge in [0.05, 0.1) is 10.9 Å². The zero-order valence-corrected chi connectivity index (χ0v) is 13.8. The molecule has 0 unspecified atom stereocenters. The molecule has 1 aromatic rings. The Kier molecular flexibility index (Phi) is 4.76. The van der Waals surface area contributed by atoms with Gasteiger partial charge in [-0.1, -0.05) is 30.3 Å². The van der Waals surface area contributed by atoms with Gasteiger partial charge in [-0.2, -0.15) is 4.31 Å². The van der Waals surface area contributed by atoms with Crippen LogP contribution in [0.25, 0.3) is 0 Å². The van der Waals surface area contributed by atoms with Crippen molar-refractivity contribution < 1.29 is 13.5 Å². The van der Waals surface area contributed by atoms with Gasteiger partial charge in [-0.15, -0.1) is 0 Å². The van der Waals surface area contributed by atoms with Crippen LogP contribution in [0.2, 0.25) is 0 Å². The Hall–Kier alpha value is -0.910. The summed E-state index contributed by atoms with van der Waals surface area (Å²) in [6.07, 6.45) is 1.55. The number of benzene rings is 1. The Morgan fingerprint density at radius 1 is 1.24 bits per heavy atom. The van der Waals surface area contributed by atoms with Crippen LogP contribution < -0.4 is 0 Å². The molecule has 2 atom stereocenters. The SMILES string of the molecule is CC(C)(C)S(=O)(=O)N1C[C@@H](O)C[C@@H]1CCc1ccccc1. The van der Waals surface area contributed by atoms with Crippen molar-refractivity contribution in [2.24, 2.45) is 0 Å². The highest BCUT2D eigenvalue weighted by Gasteiger charge is 2.43. The molecule has 1 aliphatic rings. The monoisotopic (exact) mass is 311 g/mol. The fraction of sp³-hybridized carbons (Fsp3) is 0.625. The van der Waals surface area contributed by atoms with E-state index in [9.17, 15) is 13.5 Å². The van der Waals surface area contributed by atoms with E-state index in [-0.39, 0.29) is 12.6 Å². The lowest BCUT2D eigenvalue weighted by molar-refractivity contribution is 0.188. The normalized spacial score (nSPS) is 24.4. The van der Waals surface area contributed by atoms with Gasteiger partial charge in [0.1, 0.15) is 0 Å². The predicted octanol–water partition coefficient (Wildman–Crippen LogP) is 2.18. The van der Waals surface area contributed by atoms with Gasteiger partial charge in [0.15, 0.2) is 0 Å². The standard InChI is InChI=1S/C16H25NO3S/c1-16(2,3)21(19,20)17-12-15(18)11-14(17)10-9-13-7-5-4-6-8-13/h4-8,14-15,18H,9-12H2,1-3H3/t14-,15-/m0/s1. The zero-order valence-electron chi connectivity index (χ0n) is 13.0. The van der Waals surface area contributed by atoms with Crippen molar-refractivity contribution in [3.8, 4) is 0 Å². The summed E-state index contributed by atoms with van der Waals surface area (Å²) in [5.41, 5.74) is 1.20. The Labute approximate surface area is 127 Å². The number of nitrogens with zero attached hydrogens (tertiary/aromatic N) is 1. The molecular formula is C16H25NO3S. The lowest BCUT2D eigenvalue weighted by Crippen LogP contribution is -2.45. The largest absolute Gasteiger partial charge is 0.392 e. The Balaban J connectivity index is 2.11. The second-order valence-corrected chi connectivity index (χ2v) is 9.40. The third-order valence-electron chi connectivity index (χ3n) is 4.03. The van der Waals surface area contributed by atoms with Gasteiger partial charge in [0.2, 0.25) is 10.0 Å². The first-order valence-electron chi connectivity index (χ1n) is 7.45. The van der Waals surface area contributed by atoms with Crippen LogP contribution in [0.4, 0.5) is 0 Å². The van der Waals surface area contributed by atoms with Gasteiger partial charge in [-0.25, -0.2) is 8.42 Å². The summed E-state index contributed by atoms with van der Waals surface area (Å²) in [6.45, 7) is 5.35. The van der Waals surface area contributed by atoms with E-state index in [1.54, 1.807) is 20.8 Å². The van der Waals surface area contributed by atoms with E-state index in [1.165, 1.54) is 9.87 Å². The number of β-amino-alcohol motifs (C(OH)–C–C–N with tert-alkyl or cyclic N) is 1. The average molecular weight is 311 g/mol. The maximum absolute atomic E-state index is 12.6. The molecule has 0 bridgehead atoms. The highest BCUT2D eigenvalue weighted by Crippen LogP contribution is 2.31. The summed E-state index contributed by atoms with van der Waals surface area (Å²) in [6, 6.07) is 9.94. The molecule has 118 valence electrons. The summed E-state index contributed by atoms with van der Waals surface area (Å²) in [4.78, 5) is 0. The molecule has 1 aromatic carbocycles. The Bertz CT molecular complexity index is 563. The molecule has 2 rings (SSSR count). The van der Waals surface area contributed by atoms with Crippen molar-refractivity contribution in [2.75, 3.05) is 6.54 Å². The summed E-state index contributed by atoms with van der Waals surface area (Å²) >= 11 is 0. The van der Waals surface area contributed by atoms with Gasteiger partial charge in [-0.05, 0) is 45.6 Å². The van der Waals surface area contributed by atoms with Crippen LogP contribution in [0.15, 0.2) is 30.3 Å². The topological polar surface area (TPSA) is 57.6 Å². The van der Waals surface area contributed by atoms with Crippen LogP contribution in [0.1, 0.15) is 39.2 Å². The fourth-order valence-corrected chi connectivity index (χ4v) is 4.40. The second kappa shape index (κ2) is 6.07. The number of hydrogen-bond donors (Lipinski definition) is 1. The summed E-state index contributed by atoms with van der Waals surface area (Å²) in [5.74, 6) is 0. The third kappa shape index (κ3) is 3.65. The zero-order chi connectivity index (χ0) is 15.7. The maximum atomic E-state index is 12.6. The molecule has 4 nitrogen and oxygen atoms in total. The molecule has 1 N–H and O–H groups in total. The van der Waals surface area contributed by atoms with E-state index in [1.807, 2.05) is 30.3 Å². The lowest BCUT2D eigenvalue weighted by Gasteiger charge is -2.31. The fourth-order valence-electron chi connectivity index (χ4n) is 2.75. The molecule has 0 amide bonds. The molecule has 1 aliphatic heterocycles. The number of aliphatic hydroxyl groups excluding tert-OH is 1. The molecule has 0 saturated carbocycles. The van der Waals surface area contributed by atoms with Crippen molar-refractivity contribution in [1.82, 2.24) is 4.31 Å². The predicted molar refractivity (Wildman–Crippen MR) is 84.6 cm³/mol. The number of hydrogen-bond acceptors (Lipinski definition) is 3. The van der Waals surface area contributed by atoms with Crippen LogP contribution >= 0.6 is 0 Å². The van der Waals surface area contributed by atoms with E-state index >= 15 is 0 Å². The Morgan fingerprint density at radius 3 is 2.43 bits per heavy atom. The van der Waals surface area contributed by atoms with Gasteiger partial charge < -0.3 is 5.11 Å². The van der Waals surface area contributed by atoms with Crippen LogP contribution in [0.3, 0.4) is 0 Å². The van der Waals surface area contributed by atoms with E-state index in [0.717, 1.165) is 12.8 Å². The first kappa shape index (κ1) is 16.5. The highest BCUT2D eigenvalue weighted by atomic mass is 32.2. The molecule has 0 spiro atoms. The van der Waals surface area contributed by atoms with Crippen LogP contribution in [0.5, 0.6) is 0 Å². The minimum atomic E-state index is -3.39. The Morgan fingerprint density at radius 2 is 1.86 bits per heavy atom. The number of sulfonamides is 1. The van der Waals surface area contributed by atoms with Crippen molar-refractivity contribution >= 4 is 10.0 Å². The summed E-state index contributed by atoms with van der Waals surface area (Å²) in [7, 11) is -3.39. The van der Waals surface area contributed by atoms with Crippen LogP contribution in [-0.4, -0.2) is 41.3 Å². The third-order valence-corrected chi connectivity index (χ3v) is 6.65. The van der Waals surface area contributed by atoms with Crippen molar-refractivity contribution in [1.29, 1.82) is 0 Å². The van der Waals surface area contributed by atoms with Gasteiger partial charge >= 0.3 is 0 Å². The number of rotatable bonds is 4. The minimum Gasteiger partial charge on any atom is -0.392 e. The smallest absolute Gasteiger partial charge is 0.219 e. The number of aryl methyl sites for hydroxylation is 1. The minimum absolute atomic E-state index is 0.107. The van der Waals surface area contributed by atoms with Crippen molar-refractivity contribution in [2.45, 2.75) is 56.9 Å². The molecule has 1 saturated heterocycles. The molecule has 21 heavy (non-hydrogen) atoms. The first-order chi connectivity index (χ1) is 9.72. The van der Waals surface area contributed by atoms with E-state index in [4.69, 9.17) is 0 Å². The average Bonchev–Trinajstić information content (AvgIpc) is 2.78. The lowest BCUT2D eigenvalue weighted by atomic mass is 10.0. The van der Waals surface area contributed by atoms with Crippen molar-refractivity contribution in [3.05, 3.63) is 35.9 Å². The first-order valence-corrected chi connectivity index (χ1v) is 8.89. The van der Waals surface area contributed by atoms with Gasteiger partial charge in [0, 0.05) is 12.6 Å². The van der Waals surface area contributed by atoms with Gasteiger partial charge in [0.25, 0.3) is 0 Å². The molecule has 0 aromatic heterocycles. The quantitative estimate of drug-likeness (QED) is 0.927. The molecule has 1 fully saturated rings. The molecular weight excluding hydrogens is 286 g/mol. The van der Waals surface area contributed by atoms with Crippen LogP contribution in [-0.2, 0) is 16.4 Å². The van der Waals surface area contributed by atoms with E-state index in [2.05, 4.69) is 0 Å². The second-order valence-electron chi connectivity index (χ2n) is 6.75. The molecule has 1 heterocycles. The molecule has 0 radical (unpaired) electrons. The molecule has 5 heteroatoms.